The molecule has 0 bridgehead atoms. The lowest BCUT2D eigenvalue weighted by molar-refractivity contribution is 0.249. The summed E-state index contributed by atoms with van der Waals surface area (Å²) in [4.78, 5) is 1.43. The highest BCUT2D eigenvalue weighted by Crippen LogP contribution is 2.19. The zero-order chi connectivity index (χ0) is 18.6. The molecule has 0 aromatic heterocycles. The Morgan fingerprint density at radius 2 is 1.63 bits per heavy atom. The van der Waals surface area contributed by atoms with Crippen molar-refractivity contribution in [2.45, 2.75) is 30.7 Å². The molecule has 148 valence electrons. The highest BCUT2D eigenvalue weighted by molar-refractivity contribution is 7.89. The van der Waals surface area contributed by atoms with Crippen LogP contribution in [0.4, 0.5) is 8.78 Å². The van der Waals surface area contributed by atoms with Crippen molar-refractivity contribution in [1.29, 1.82) is 0 Å². The Kier molecular flexibility index (Phi) is 7.73. The summed E-state index contributed by atoms with van der Waals surface area (Å²) < 4.78 is 53.7. The number of fused-ring (bicyclic) bond motifs is 1. The maximum atomic E-state index is 13.6. The lowest BCUT2D eigenvalue weighted by Crippen LogP contribution is -2.32. The van der Waals surface area contributed by atoms with Crippen LogP contribution < -0.4 is 4.72 Å². The minimum atomic E-state index is -4.18. The van der Waals surface area contributed by atoms with Crippen molar-refractivity contribution in [3.63, 3.8) is 0 Å². The van der Waals surface area contributed by atoms with Crippen molar-refractivity contribution in [2.75, 3.05) is 19.6 Å². The summed E-state index contributed by atoms with van der Waals surface area (Å²) in [5.74, 6) is -2.16. The summed E-state index contributed by atoms with van der Waals surface area (Å²) in [6.45, 7) is 2.91. The number of halogens is 3. The van der Waals surface area contributed by atoms with E-state index in [1.807, 2.05) is 6.07 Å². The average molecular weight is 417 g/mol. The number of nitrogens with one attached hydrogen (secondary N) is 1. The fraction of sp³-hybridized carbons (Fsp3) is 0.368. The van der Waals surface area contributed by atoms with E-state index in [4.69, 9.17) is 0 Å². The van der Waals surface area contributed by atoms with Gasteiger partial charge in [0.1, 0.15) is 11.6 Å². The molecule has 0 radical (unpaired) electrons. The fourth-order valence-electron chi connectivity index (χ4n) is 3.22. The Hall–Kier alpha value is -1.54. The van der Waals surface area contributed by atoms with Crippen molar-refractivity contribution in [1.82, 2.24) is 9.62 Å². The molecular formula is C19H23ClF2N2O2S. The predicted octanol–water partition coefficient (Wildman–Crippen LogP) is 3.50. The number of sulfonamides is 1. The Balaban J connectivity index is 0.00000261. The van der Waals surface area contributed by atoms with E-state index in [1.165, 1.54) is 11.1 Å². The summed E-state index contributed by atoms with van der Waals surface area (Å²) in [7, 11) is -4.18. The van der Waals surface area contributed by atoms with E-state index in [-0.39, 0.29) is 19.0 Å². The first-order valence-corrected chi connectivity index (χ1v) is 10.2. The van der Waals surface area contributed by atoms with Crippen LogP contribution in [0.5, 0.6) is 0 Å². The van der Waals surface area contributed by atoms with Crippen LogP contribution in [-0.4, -0.2) is 33.0 Å². The van der Waals surface area contributed by atoms with Gasteiger partial charge in [-0.1, -0.05) is 30.3 Å². The van der Waals surface area contributed by atoms with Crippen LogP contribution in [-0.2, 0) is 23.0 Å². The van der Waals surface area contributed by atoms with Crippen LogP contribution >= 0.6 is 12.4 Å². The molecule has 27 heavy (non-hydrogen) atoms. The van der Waals surface area contributed by atoms with E-state index in [0.29, 0.717) is 6.42 Å². The Bertz CT molecular complexity index is 858. The van der Waals surface area contributed by atoms with Crippen LogP contribution in [0.25, 0.3) is 0 Å². The van der Waals surface area contributed by atoms with E-state index in [2.05, 4.69) is 27.8 Å². The number of nitrogens with zero attached hydrogens (tertiary/aromatic N) is 1. The summed E-state index contributed by atoms with van der Waals surface area (Å²) in [6, 6.07) is 11.4. The van der Waals surface area contributed by atoms with Gasteiger partial charge in [0.2, 0.25) is 10.0 Å². The molecule has 1 aliphatic rings. The quantitative estimate of drug-likeness (QED) is 0.703. The lowest BCUT2D eigenvalue weighted by Gasteiger charge is -2.28. The molecule has 8 heteroatoms. The third kappa shape index (κ3) is 5.48. The van der Waals surface area contributed by atoms with Crippen LogP contribution in [0.3, 0.4) is 0 Å². The molecule has 3 rings (SSSR count). The number of benzene rings is 2. The first-order chi connectivity index (χ1) is 12.5. The molecule has 1 N–H and O–H groups in total. The SMILES string of the molecule is Cl.O=S(=O)(NCCCCN1CCc2ccccc2C1)c1c(F)cccc1F. The fourth-order valence-corrected chi connectivity index (χ4v) is 4.43. The van der Waals surface area contributed by atoms with Crippen molar-refractivity contribution in [3.8, 4) is 0 Å². The average Bonchev–Trinajstić information content (AvgIpc) is 2.61. The smallest absolute Gasteiger partial charge is 0.246 e. The van der Waals surface area contributed by atoms with Crippen molar-refractivity contribution in [2.24, 2.45) is 0 Å². The first kappa shape index (κ1) is 21.8. The largest absolute Gasteiger partial charge is 0.299 e. The molecule has 0 amide bonds. The molecule has 0 unspecified atom stereocenters. The van der Waals surface area contributed by atoms with Gasteiger partial charge in [-0.3, -0.25) is 4.90 Å². The molecule has 4 nitrogen and oxygen atoms in total. The summed E-state index contributed by atoms with van der Waals surface area (Å²) in [6.07, 6.45) is 2.44. The summed E-state index contributed by atoms with van der Waals surface area (Å²) in [5.41, 5.74) is 2.73. The Morgan fingerprint density at radius 1 is 0.963 bits per heavy atom. The topological polar surface area (TPSA) is 49.4 Å². The third-order valence-corrected chi connectivity index (χ3v) is 6.10. The van der Waals surface area contributed by atoms with Gasteiger partial charge in [-0.15, -0.1) is 12.4 Å². The van der Waals surface area contributed by atoms with Gasteiger partial charge in [-0.2, -0.15) is 0 Å². The van der Waals surface area contributed by atoms with E-state index in [9.17, 15) is 17.2 Å². The van der Waals surface area contributed by atoms with Gasteiger partial charge >= 0.3 is 0 Å². The molecule has 0 atom stereocenters. The van der Waals surface area contributed by atoms with Gasteiger partial charge < -0.3 is 0 Å². The lowest BCUT2D eigenvalue weighted by atomic mass is 10.00. The summed E-state index contributed by atoms with van der Waals surface area (Å²) >= 11 is 0. The zero-order valence-electron chi connectivity index (χ0n) is 14.8. The molecule has 0 aliphatic carbocycles. The summed E-state index contributed by atoms with van der Waals surface area (Å²) in [5, 5.41) is 0. The number of hydrogen-bond donors (Lipinski definition) is 1. The molecule has 0 spiro atoms. The predicted molar refractivity (Wildman–Crippen MR) is 103 cm³/mol. The molecule has 0 saturated carbocycles. The van der Waals surface area contributed by atoms with Crippen LogP contribution in [0.15, 0.2) is 47.4 Å². The zero-order valence-corrected chi connectivity index (χ0v) is 16.5. The minimum Gasteiger partial charge on any atom is -0.299 e. The molecule has 2 aromatic rings. The van der Waals surface area contributed by atoms with E-state index in [1.54, 1.807) is 0 Å². The van der Waals surface area contributed by atoms with Crippen molar-refractivity contribution in [3.05, 3.63) is 65.2 Å². The van der Waals surface area contributed by atoms with E-state index < -0.39 is 26.6 Å². The van der Waals surface area contributed by atoms with E-state index >= 15 is 0 Å². The Morgan fingerprint density at radius 3 is 2.33 bits per heavy atom. The number of rotatable bonds is 7. The molecule has 2 aromatic carbocycles. The molecule has 0 fully saturated rings. The highest BCUT2D eigenvalue weighted by Gasteiger charge is 2.23. The second-order valence-electron chi connectivity index (χ2n) is 6.45. The maximum Gasteiger partial charge on any atom is 0.246 e. The first-order valence-electron chi connectivity index (χ1n) is 8.70. The third-order valence-electron chi connectivity index (χ3n) is 4.59. The van der Waals surface area contributed by atoms with Crippen molar-refractivity contribution >= 4 is 22.4 Å². The maximum absolute atomic E-state index is 13.6. The standard InChI is InChI=1S/C19H22F2N2O2S.ClH/c20-17-8-5-9-18(21)19(17)26(24,25)22-11-3-4-12-23-13-10-15-6-1-2-7-16(15)14-23;/h1-2,5-9,22H,3-4,10-14H2;1H. The van der Waals surface area contributed by atoms with Gasteiger partial charge in [0.25, 0.3) is 0 Å². The second kappa shape index (κ2) is 9.59. The van der Waals surface area contributed by atoms with Crippen LogP contribution in [0.2, 0.25) is 0 Å². The Labute approximate surface area is 165 Å². The van der Waals surface area contributed by atoms with Gasteiger partial charge in [0.05, 0.1) is 0 Å². The molecular weight excluding hydrogens is 394 g/mol. The molecule has 0 saturated heterocycles. The number of hydrogen-bond acceptors (Lipinski definition) is 3. The van der Waals surface area contributed by atoms with Crippen LogP contribution in [0.1, 0.15) is 24.0 Å². The molecule has 1 heterocycles. The molecule has 1 aliphatic heterocycles. The van der Waals surface area contributed by atoms with Gasteiger partial charge in [0, 0.05) is 19.6 Å². The monoisotopic (exact) mass is 416 g/mol. The van der Waals surface area contributed by atoms with Gasteiger partial charge in [-0.05, 0) is 49.1 Å². The number of unbranched alkanes of at least 4 members (excludes halogenated alkanes) is 1. The van der Waals surface area contributed by atoms with Gasteiger partial charge in [-0.25, -0.2) is 21.9 Å². The second-order valence-corrected chi connectivity index (χ2v) is 8.15. The van der Waals surface area contributed by atoms with E-state index in [0.717, 1.165) is 50.7 Å². The normalized spacial score (nSPS) is 14.4. The highest BCUT2D eigenvalue weighted by atomic mass is 35.5. The van der Waals surface area contributed by atoms with Gasteiger partial charge in [0.15, 0.2) is 4.90 Å². The van der Waals surface area contributed by atoms with Crippen LogP contribution in [0, 0.1) is 11.6 Å². The minimum absolute atomic E-state index is 0. The van der Waals surface area contributed by atoms with Crippen molar-refractivity contribution < 1.29 is 17.2 Å².